The van der Waals surface area contributed by atoms with Crippen LogP contribution in [0.1, 0.15) is 14.9 Å². The van der Waals surface area contributed by atoms with Crippen LogP contribution < -0.4 is 0 Å². The zero-order valence-electron chi connectivity index (χ0n) is 13.6. The summed E-state index contributed by atoms with van der Waals surface area (Å²) >= 11 is 0. The molecule has 0 aromatic heterocycles. The van der Waals surface area contributed by atoms with Gasteiger partial charge in [0.25, 0.3) is 0 Å². The fourth-order valence-corrected chi connectivity index (χ4v) is 18.3. The smallest absolute Gasteiger partial charge is 0.311 e. The Morgan fingerprint density at radius 2 is 0.900 bits per heavy atom. The molecule has 1 unspecified atom stereocenters. The first kappa shape index (κ1) is 28.0. The molecule has 20 heavy (non-hydrogen) atoms. The Kier molecular flexibility index (Phi) is 11.6. The van der Waals surface area contributed by atoms with Crippen LogP contribution in [0.3, 0.4) is 0 Å². The molecule has 0 saturated carbocycles. The maximum atomic E-state index is 6.17. The topological polar surface area (TPSA) is 27.7 Å². The van der Waals surface area contributed by atoms with Gasteiger partial charge in [0.2, 0.25) is 0 Å². The van der Waals surface area contributed by atoms with Gasteiger partial charge in [0.15, 0.2) is 16.6 Å². The number of hydrogen-bond acceptors (Lipinski definition) is 3. The summed E-state index contributed by atoms with van der Waals surface area (Å²) in [6.07, 6.45) is 0. The predicted molar refractivity (Wildman–Crippen MR) is 97.9 cm³/mol. The summed E-state index contributed by atoms with van der Waals surface area (Å²) in [5.74, 6) is 0. The molecular formula is C12H37O3RfSi4-. The van der Waals surface area contributed by atoms with Crippen molar-refractivity contribution in [3.8, 4) is 0 Å². The molecule has 0 aliphatic rings. The minimum absolute atomic E-state index is 0. The predicted octanol–water partition coefficient (Wildman–Crippen LogP) is 5.13. The van der Waals surface area contributed by atoms with Gasteiger partial charge in [-0.25, -0.2) is 0 Å². The molecule has 0 bridgehead atoms. The molecule has 0 rings (SSSR count). The van der Waals surface area contributed by atoms with Crippen LogP contribution in [0, 0.1) is 6.55 Å². The molecule has 0 saturated heterocycles. The minimum Gasteiger partial charge on any atom is -0.457 e. The standard InChI is InChI=1S/C10H29O3Si4.2CH4.Rf/c1-14(2,3)11-16(7,8)13-17(9,10)12-15(4,5)6;;;/h7H2,1-6,8-10H3;2*1H4;/q-1;;;. The van der Waals surface area contributed by atoms with E-state index < -0.39 is 33.8 Å². The Labute approximate surface area is 126 Å². The summed E-state index contributed by atoms with van der Waals surface area (Å²) in [5, 5.41) is 0. The normalized spacial score (nSPS) is 15.3. The molecule has 0 N–H and O–H groups in total. The van der Waals surface area contributed by atoms with E-state index in [1.807, 2.05) is 6.55 Å². The van der Waals surface area contributed by atoms with Crippen molar-refractivity contribution in [2.24, 2.45) is 0 Å². The molecule has 0 radical (unpaired) electrons. The van der Waals surface area contributed by atoms with Crippen molar-refractivity contribution >= 4 is 33.8 Å². The van der Waals surface area contributed by atoms with Crippen molar-refractivity contribution in [2.45, 2.75) is 73.8 Å². The van der Waals surface area contributed by atoms with Crippen molar-refractivity contribution in [2.75, 3.05) is 0 Å². The molecule has 0 aliphatic heterocycles. The molecule has 0 amide bonds. The molecular weight excluding hydrogens is 571 g/mol. The SMILES string of the molecule is C.C.[CH2-][Si](C)(O[Si](C)(C)C)O[Si](C)(C)O[Si](C)(C)C.[Rf]. The van der Waals surface area contributed by atoms with E-state index in [0.717, 1.165) is 0 Å². The number of rotatable bonds is 6. The van der Waals surface area contributed by atoms with Crippen molar-refractivity contribution in [1.82, 2.24) is 0 Å². The summed E-state index contributed by atoms with van der Waals surface area (Å²) in [6, 6.07) is 0. The second kappa shape index (κ2) is 8.25. The minimum atomic E-state index is -2.30. The Morgan fingerprint density at radius 1 is 0.600 bits per heavy atom. The van der Waals surface area contributed by atoms with Crippen LogP contribution in [0.25, 0.3) is 0 Å². The third-order valence-corrected chi connectivity index (χ3v) is 13.8. The number of hydrogen-bond donors (Lipinski definition) is 0. The van der Waals surface area contributed by atoms with E-state index in [1.165, 1.54) is 0 Å². The van der Waals surface area contributed by atoms with E-state index in [1.54, 1.807) is 0 Å². The van der Waals surface area contributed by atoms with Gasteiger partial charge in [0, 0.05) is 0 Å². The largest absolute Gasteiger partial charge is 0.457 e. The fourth-order valence-electron chi connectivity index (χ4n) is 1.95. The van der Waals surface area contributed by atoms with Gasteiger partial charge in [-0.05, 0) is 58.9 Å². The fraction of sp³-hybridized carbons (Fsp3) is 0.917. The Bertz CT molecular complexity index is 234. The van der Waals surface area contributed by atoms with Gasteiger partial charge in [-0.1, -0.05) is 14.9 Å². The summed E-state index contributed by atoms with van der Waals surface area (Å²) in [4.78, 5) is 0. The quantitative estimate of drug-likeness (QED) is 0.310. The van der Waals surface area contributed by atoms with E-state index in [2.05, 4.69) is 58.9 Å². The van der Waals surface area contributed by atoms with Crippen LogP contribution >= 0.6 is 0 Å². The average Bonchev–Trinajstić information content (AvgIpc) is 1.65. The van der Waals surface area contributed by atoms with E-state index >= 15 is 0 Å². The van der Waals surface area contributed by atoms with E-state index in [-0.39, 0.29) is 14.9 Å². The Morgan fingerprint density at radius 3 is 1.15 bits per heavy atom. The van der Waals surface area contributed by atoms with Crippen LogP contribution in [0.2, 0.25) is 58.9 Å². The van der Waals surface area contributed by atoms with Crippen molar-refractivity contribution < 1.29 is 12.3 Å². The molecule has 3 nitrogen and oxygen atoms in total. The maximum absolute atomic E-state index is 6.17. The molecule has 0 spiro atoms. The first-order valence-corrected chi connectivity index (χ1v) is 18.2. The van der Waals surface area contributed by atoms with E-state index in [4.69, 9.17) is 12.3 Å². The van der Waals surface area contributed by atoms with Gasteiger partial charge < -0.3 is 12.3 Å². The molecule has 122 valence electrons. The van der Waals surface area contributed by atoms with Gasteiger partial charge >= 0.3 is 8.56 Å². The summed E-state index contributed by atoms with van der Waals surface area (Å²) < 4.78 is 18.4. The third kappa shape index (κ3) is 15.8. The summed E-state index contributed by atoms with van der Waals surface area (Å²) in [6.45, 7) is 23.4. The zero-order chi connectivity index (χ0) is 14.1. The summed E-state index contributed by atoms with van der Waals surface area (Å²) in [7, 11) is -7.58. The van der Waals surface area contributed by atoms with Crippen LogP contribution in [-0.2, 0) is 12.3 Å². The van der Waals surface area contributed by atoms with Gasteiger partial charge in [-0.3, -0.25) is 6.55 Å². The van der Waals surface area contributed by atoms with Gasteiger partial charge in [-0.15, -0.1) is 0 Å². The summed E-state index contributed by atoms with van der Waals surface area (Å²) in [5.41, 5.74) is 0. The van der Waals surface area contributed by atoms with Crippen LogP contribution in [0.5, 0.6) is 0 Å². The maximum Gasteiger partial charge on any atom is 0.311 e. The van der Waals surface area contributed by atoms with Crippen molar-refractivity contribution in [3.63, 3.8) is 0 Å². The Hall–Kier alpha value is -0.252. The van der Waals surface area contributed by atoms with Gasteiger partial charge in [0.1, 0.15) is 8.56 Å². The molecule has 1 atom stereocenters. The van der Waals surface area contributed by atoms with Crippen molar-refractivity contribution in [3.05, 3.63) is 6.55 Å². The molecule has 8 heteroatoms. The molecule has 0 heterocycles. The molecule has 0 fully saturated rings. The third-order valence-electron chi connectivity index (χ3n) is 1.54. The Balaban J connectivity index is -0.000000427. The average molecular weight is 609 g/mol. The second-order valence-corrected chi connectivity index (χ2v) is 23.0. The first-order chi connectivity index (χ1) is 7.12. The zero-order valence-corrected chi connectivity index (χ0v) is 24.0. The van der Waals surface area contributed by atoms with Crippen LogP contribution in [-0.4, -0.2) is 33.8 Å². The second-order valence-electron chi connectivity index (χ2n) is 7.06. The van der Waals surface area contributed by atoms with Gasteiger partial charge in [-0.2, -0.15) is 0 Å². The van der Waals surface area contributed by atoms with E-state index in [9.17, 15) is 0 Å². The van der Waals surface area contributed by atoms with Crippen LogP contribution in [0.15, 0.2) is 0 Å². The van der Waals surface area contributed by atoms with Crippen LogP contribution in [0.4, 0.5) is 0 Å². The molecule has 0 aromatic rings. The first-order valence-electron chi connectivity index (χ1n) is 6.08. The van der Waals surface area contributed by atoms with Crippen molar-refractivity contribution in [1.29, 1.82) is 0 Å². The molecule has 0 aromatic carbocycles. The monoisotopic (exact) mass is 608 g/mol. The van der Waals surface area contributed by atoms with Gasteiger partial charge in [0.05, 0.1) is 0 Å². The molecule has 0 aliphatic carbocycles. The van der Waals surface area contributed by atoms with E-state index in [0.29, 0.717) is 0 Å².